The first kappa shape index (κ1) is 16.5. The van der Waals surface area contributed by atoms with Gasteiger partial charge in [-0.25, -0.2) is 0 Å². The average molecular weight is 321 g/mol. The molecule has 0 fully saturated rings. The highest BCUT2D eigenvalue weighted by atomic mass is 35.5. The molecule has 0 radical (unpaired) electrons. The molecule has 22 heavy (non-hydrogen) atoms. The SMILES string of the molecule is CCOc1cccc(OCCCOc2cc(C)ccc2Cl)c1. The van der Waals surface area contributed by atoms with Crippen molar-refractivity contribution in [1.82, 2.24) is 0 Å². The van der Waals surface area contributed by atoms with Gasteiger partial charge in [0.25, 0.3) is 0 Å². The fourth-order valence-electron chi connectivity index (χ4n) is 1.97. The molecule has 4 heteroatoms. The van der Waals surface area contributed by atoms with E-state index in [1.807, 2.05) is 56.3 Å². The van der Waals surface area contributed by atoms with Gasteiger partial charge in [-0.05, 0) is 43.7 Å². The van der Waals surface area contributed by atoms with E-state index in [2.05, 4.69) is 0 Å². The Bertz CT molecular complexity index is 599. The minimum absolute atomic E-state index is 0.564. The van der Waals surface area contributed by atoms with Gasteiger partial charge < -0.3 is 14.2 Å². The predicted molar refractivity (Wildman–Crippen MR) is 89.4 cm³/mol. The van der Waals surface area contributed by atoms with Crippen molar-refractivity contribution in [1.29, 1.82) is 0 Å². The zero-order valence-corrected chi connectivity index (χ0v) is 13.7. The highest BCUT2D eigenvalue weighted by molar-refractivity contribution is 6.32. The summed E-state index contributed by atoms with van der Waals surface area (Å²) in [5.41, 5.74) is 1.13. The highest BCUT2D eigenvalue weighted by Gasteiger charge is 2.02. The largest absolute Gasteiger partial charge is 0.494 e. The maximum absolute atomic E-state index is 6.08. The number of hydrogen-bond donors (Lipinski definition) is 0. The molecular weight excluding hydrogens is 300 g/mol. The van der Waals surface area contributed by atoms with Crippen LogP contribution < -0.4 is 14.2 Å². The van der Waals surface area contributed by atoms with Crippen molar-refractivity contribution in [3.05, 3.63) is 53.1 Å². The van der Waals surface area contributed by atoms with Crippen LogP contribution in [0.15, 0.2) is 42.5 Å². The van der Waals surface area contributed by atoms with Crippen molar-refractivity contribution in [2.75, 3.05) is 19.8 Å². The molecule has 2 aromatic rings. The summed E-state index contributed by atoms with van der Waals surface area (Å²) in [5.74, 6) is 2.35. The van der Waals surface area contributed by atoms with E-state index in [9.17, 15) is 0 Å². The Hall–Kier alpha value is -1.87. The normalized spacial score (nSPS) is 10.3. The summed E-state index contributed by atoms with van der Waals surface area (Å²) < 4.78 is 16.8. The molecule has 2 aromatic carbocycles. The van der Waals surface area contributed by atoms with Gasteiger partial charge in [0.1, 0.15) is 17.2 Å². The van der Waals surface area contributed by atoms with Crippen molar-refractivity contribution in [2.24, 2.45) is 0 Å². The molecule has 0 aromatic heterocycles. The summed E-state index contributed by atoms with van der Waals surface area (Å²) in [7, 11) is 0. The Morgan fingerprint density at radius 2 is 1.64 bits per heavy atom. The van der Waals surface area contributed by atoms with Gasteiger partial charge in [0.2, 0.25) is 0 Å². The average Bonchev–Trinajstić information content (AvgIpc) is 2.51. The number of aryl methyl sites for hydroxylation is 1. The fourth-order valence-corrected chi connectivity index (χ4v) is 2.14. The van der Waals surface area contributed by atoms with Crippen LogP contribution in [-0.2, 0) is 0 Å². The number of ether oxygens (including phenoxy) is 3. The first-order valence-electron chi connectivity index (χ1n) is 7.43. The molecular formula is C18H21ClO3. The monoisotopic (exact) mass is 320 g/mol. The van der Waals surface area contributed by atoms with Crippen LogP contribution >= 0.6 is 11.6 Å². The van der Waals surface area contributed by atoms with E-state index in [1.54, 1.807) is 0 Å². The topological polar surface area (TPSA) is 27.7 Å². The lowest BCUT2D eigenvalue weighted by atomic mass is 10.2. The van der Waals surface area contributed by atoms with Crippen LogP contribution in [-0.4, -0.2) is 19.8 Å². The third kappa shape index (κ3) is 5.15. The fraction of sp³-hybridized carbons (Fsp3) is 0.333. The van der Waals surface area contributed by atoms with E-state index in [-0.39, 0.29) is 0 Å². The number of rotatable bonds is 8. The van der Waals surface area contributed by atoms with Gasteiger partial charge in [-0.1, -0.05) is 23.7 Å². The maximum Gasteiger partial charge on any atom is 0.138 e. The lowest BCUT2D eigenvalue weighted by Crippen LogP contribution is -2.05. The number of benzene rings is 2. The smallest absolute Gasteiger partial charge is 0.138 e. The second kappa shape index (κ2) is 8.54. The summed E-state index contributed by atoms with van der Waals surface area (Å²) in [6.07, 6.45) is 0.781. The summed E-state index contributed by atoms with van der Waals surface area (Å²) in [4.78, 5) is 0. The molecule has 0 saturated carbocycles. The van der Waals surface area contributed by atoms with E-state index in [0.29, 0.717) is 24.8 Å². The number of halogens is 1. The second-order valence-electron chi connectivity index (χ2n) is 4.89. The van der Waals surface area contributed by atoms with Gasteiger partial charge in [-0.15, -0.1) is 0 Å². The van der Waals surface area contributed by atoms with E-state index >= 15 is 0 Å². The van der Waals surface area contributed by atoms with E-state index in [0.717, 1.165) is 29.2 Å². The molecule has 0 amide bonds. The lowest BCUT2D eigenvalue weighted by Gasteiger charge is -2.10. The van der Waals surface area contributed by atoms with Crippen molar-refractivity contribution in [3.8, 4) is 17.2 Å². The molecule has 2 rings (SSSR count). The van der Waals surface area contributed by atoms with Gasteiger partial charge in [0.05, 0.1) is 24.8 Å². The van der Waals surface area contributed by atoms with Gasteiger partial charge in [-0.3, -0.25) is 0 Å². The van der Waals surface area contributed by atoms with Crippen molar-refractivity contribution in [2.45, 2.75) is 20.3 Å². The van der Waals surface area contributed by atoms with Crippen molar-refractivity contribution in [3.63, 3.8) is 0 Å². The van der Waals surface area contributed by atoms with Crippen LogP contribution in [0.3, 0.4) is 0 Å². The van der Waals surface area contributed by atoms with Gasteiger partial charge >= 0.3 is 0 Å². The Balaban J connectivity index is 1.73. The Morgan fingerprint density at radius 1 is 0.909 bits per heavy atom. The summed E-state index contributed by atoms with van der Waals surface area (Å²) >= 11 is 6.08. The minimum atomic E-state index is 0.564. The summed E-state index contributed by atoms with van der Waals surface area (Å²) in [5, 5.41) is 0.635. The second-order valence-corrected chi connectivity index (χ2v) is 5.30. The van der Waals surface area contributed by atoms with Crippen LogP contribution in [0.4, 0.5) is 0 Å². The van der Waals surface area contributed by atoms with E-state index in [1.165, 1.54) is 0 Å². The molecule has 0 N–H and O–H groups in total. The van der Waals surface area contributed by atoms with Crippen LogP contribution in [0.25, 0.3) is 0 Å². The summed E-state index contributed by atoms with van der Waals surface area (Å²) in [6, 6.07) is 13.4. The third-order valence-electron chi connectivity index (χ3n) is 3.02. The third-order valence-corrected chi connectivity index (χ3v) is 3.33. The van der Waals surface area contributed by atoms with Crippen LogP contribution in [0.5, 0.6) is 17.2 Å². The zero-order chi connectivity index (χ0) is 15.8. The van der Waals surface area contributed by atoms with Crippen LogP contribution in [0, 0.1) is 6.92 Å². The Labute approximate surface area is 136 Å². The summed E-state index contributed by atoms with van der Waals surface area (Å²) in [6.45, 7) is 5.76. The predicted octanol–water partition coefficient (Wildman–Crippen LogP) is 4.90. The molecule has 0 atom stereocenters. The number of hydrogen-bond acceptors (Lipinski definition) is 3. The molecule has 0 heterocycles. The molecule has 0 spiro atoms. The van der Waals surface area contributed by atoms with Crippen LogP contribution in [0.1, 0.15) is 18.9 Å². The first-order chi connectivity index (χ1) is 10.7. The Kier molecular flexibility index (Phi) is 6.41. The van der Waals surface area contributed by atoms with E-state index < -0.39 is 0 Å². The molecule has 0 unspecified atom stereocenters. The molecule has 0 aliphatic heterocycles. The zero-order valence-electron chi connectivity index (χ0n) is 13.0. The molecule has 0 aliphatic rings. The maximum atomic E-state index is 6.08. The molecule has 0 bridgehead atoms. The molecule has 3 nitrogen and oxygen atoms in total. The van der Waals surface area contributed by atoms with Gasteiger partial charge in [0.15, 0.2) is 0 Å². The molecule has 118 valence electrons. The van der Waals surface area contributed by atoms with Crippen molar-refractivity contribution < 1.29 is 14.2 Å². The standard InChI is InChI=1S/C18H21ClO3/c1-3-20-15-6-4-7-16(13-15)21-10-5-11-22-18-12-14(2)8-9-17(18)19/h4,6-9,12-13H,3,5,10-11H2,1-2H3. The van der Waals surface area contributed by atoms with Crippen LogP contribution in [0.2, 0.25) is 5.02 Å². The molecule has 0 saturated heterocycles. The molecule has 0 aliphatic carbocycles. The lowest BCUT2D eigenvalue weighted by molar-refractivity contribution is 0.246. The minimum Gasteiger partial charge on any atom is -0.494 e. The first-order valence-corrected chi connectivity index (χ1v) is 7.81. The quantitative estimate of drug-likeness (QED) is 0.648. The Morgan fingerprint density at radius 3 is 2.41 bits per heavy atom. The van der Waals surface area contributed by atoms with Crippen molar-refractivity contribution >= 4 is 11.6 Å². The van der Waals surface area contributed by atoms with E-state index in [4.69, 9.17) is 25.8 Å². The van der Waals surface area contributed by atoms with Gasteiger partial charge in [-0.2, -0.15) is 0 Å². The van der Waals surface area contributed by atoms with Gasteiger partial charge in [0, 0.05) is 12.5 Å². The highest BCUT2D eigenvalue weighted by Crippen LogP contribution is 2.25.